The van der Waals surface area contributed by atoms with E-state index >= 15 is 0 Å². The van der Waals surface area contributed by atoms with E-state index in [1.807, 2.05) is 6.20 Å². The van der Waals surface area contributed by atoms with Gasteiger partial charge in [-0.1, -0.05) is 45.6 Å². The summed E-state index contributed by atoms with van der Waals surface area (Å²) < 4.78 is 38.1. The lowest BCUT2D eigenvalue weighted by molar-refractivity contribution is -0.137. The molecule has 0 spiro atoms. The Morgan fingerprint density at radius 1 is 1.08 bits per heavy atom. The average molecular weight is 351 g/mol. The number of aromatic nitrogens is 1. The van der Waals surface area contributed by atoms with Crippen LogP contribution in [0.15, 0.2) is 36.5 Å². The molecule has 1 heterocycles. The first-order valence-corrected chi connectivity index (χ1v) is 11.7. The number of hydrogen-bond acceptors (Lipinski definition) is 1. The molecule has 1 unspecified atom stereocenters. The Labute approximate surface area is 143 Å². The van der Waals surface area contributed by atoms with Crippen molar-refractivity contribution in [1.82, 2.24) is 4.98 Å². The van der Waals surface area contributed by atoms with E-state index in [0.717, 1.165) is 29.8 Å². The molecule has 5 heteroatoms. The van der Waals surface area contributed by atoms with Gasteiger partial charge in [0, 0.05) is 11.8 Å². The molecule has 2 aromatic rings. The van der Waals surface area contributed by atoms with Crippen molar-refractivity contribution in [2.75, 3.05) is 0 Å². The summed E-state index contributed by atoms with van der Waals surface area (Å²) in [7, 11) is -1.53. The maximum Gasteiger partial charge on any atom is 0.416 e. The molecular formula is C19H24F3NSi. The van der Waals surface area contributed by atoms with Crippen LogP contribution in [0.4, 0.5) is 13.2 Å². The van der Waals surface area contributed by atoms with Gasteiger partial charge in [0.2, 0.25) is 0 Å². The SMILES string of the molecule is CCC(C)c1cc(-c2ccc(C(F)(F)F)cc2)ncc1[Si](C)(C)C. The summed E-state index contributed by atoms with van der Waals surface area (Å²) in [5.74, 6) is 0.405. The number of pyridine rings is 1. The van der Waals surface area contributed by atoms with Crippen molar-refractivity contribution in [1.29, 1.82) is 0 Å². The molecule has 24 heavy (non-hydrogen) atoms. The first-order valence-electron chi connectivity index (χ1n) is 8.22. The molecule has 0 aliphatic rings. The Morgan fingerprint density at radius 3 is 2.12 bits per heavy atom. The maximum atomic E-state index is 12.7. The van der Waals surface area contributed by atoms with E-state index < -0.39 is 19.8 Å². The van der Waals surface area contributed by atoms with Gasteiger partial charge in [-0.3, -0.25) is 4.98 Å². The van der Waals surface area contributed by atoms with Crippen molar-refractivity contribution < 1.29 is 13.2 Å². The Kier molecular flexibility index (Phi) is 5.23. The zero-order valence-corrected chi connectivity index (χ0v) is 15.8. The van der Waals surface area contributed by atoms with Crippen LogP contribution >= 0.6 is 0 Å². The fourth-order valence-electron chi connectivity index (χ4n) is 2.71. The number of nitrogens with zero attached hydrogens (tertiary/aromatic N) is 1. The second-order valence-electron chi connectivity index (χ2n) is 7.29. The van der Waals surface area contributed by atoms with Crippen molar-refractivity contribution in [3.63, 3.8) is 0 Å². The van der Waals surface area contributed by atoms with E-state index in [4.69, 9.17) is 0 Å². The van der Waals surface area contributed by atoms with Crippen LogP contribution in [-0.2, 0) is 6.18 Å². The van der Waals surface area contributed by atoms with E-state index in [1.54, 1.807) is 0 Å². The Morgan fingerprint density at radius 2 is 1.67 bits per heavy atom. The Hall–Kier alpha value is -1.62. The molecule has 0 radical (unpaired) electrons. The predicted octanol–water partition coefficient (Wildman–Crippen LogP) is 5.83. The second kappa shape index (κ2) is 6.71. The molecular weight excluding hydrogens is 327 g/mol. The van der Waals surface area contributed by atoms with E-state index in [1.165, 1.54) is 22.9 Å². The zero-order chi connectivity index (χ0) is 18.1. The van der Waals surface area contributed by atoms with E-state index in [0.29, 0.717) is 5.92 Å². The van der Waals surface area contributed by atoms with Gasteiger partial charge in [-0.05, 0) is 41.3 Å². The number of alkyl halides is 3. The van der Waals surface area contributed by atoms with Crippen LogP contribution in [0.25, 0.3) is 11.3 Å². The largest absolute Gasteiger partial charge is 0.416 e. The Bertz CT molecular complexity index is 700. The Balaban J connectivity index is 2.48. The molecule has 0 amide bonds. The molecule has 0 saturated heterocycles. The van der Waals surface area contributed by atoms with Gasteiger partial charge in [-0.25, -0.2) is 0 Å². The highest BCUT2D eigenvalue weighted by molar-refractivity contribution is 6.89. The van der Waals surface area contributed by atoms with Crippen molar-refractivity contribution >= 4 is 13.3 Å². The molecule has 2 rings (SSSR count). The molecule has 0 saturated carbocycles. The standard InChI is InChI=1S/C19H24F3NSi/c1-6-13(2)16-11-17(23-12-18(16)24(3,4)5)14-7-9-15(10-8-14)19(20,21)22/h7-13H,6H2,1-5H3. The summed E-state index contributed by atoms with van der Waals surface area (Å²) >= 11 is 0. The molecule has 0 aliphatic carbocycles. The van der Waals surface area contributed by atoms with E-state index in [-0.39, 0.29) is 0 Å². The smallest absolute Gasteiger partial charge is 0.256 e. The van der Waals surface area contributed by atoms with Gasteiger partial charge in [0.15, 0.2) is 0 Å². The lowest BCUT2D eigenvalue weighted by Crippen LogP contribution is -2.41. The third-order valence-corrected chi connectivity index (χ3v) is 6.43. The third-order valence-electron chi connectivity index (χ3n) is 4.40. The van der Waals surface area contributed by atoms with Crippen LogP contribution < -0.4 is 5.19 Å². The fraction of sp³-hybridized carbons (Fsp3) is 0.421. The quantitative estimate of drug-likeness (QED) is 0.632. The second-order valence-corrected chi connectivity index (χ2v) is 12.3. The molecule has 1 aromatic heterocycles. The normalized spacial score (nSPS) is 13.8. The highest BCUT2D eigenvalue weighted by Crippen LogP contribution is 2.31. The zero-order valence-electron chi connectivity index (χ0n) is 14.8. The highest BCUT2D eigenvalue weighted by Gasteiger charge is 2.30. The fourth-order valence-corrected chi connectivity index (χ4v) is 4.35. The lowest BCUT2D eigenvalue weighted by atomic mass is 9.97. The molecule has 0 N–H and O–H groups in total. The molecule has 130 valence electrons. The molecule has 1 aromatic carbocycles. The third kappa shape index (κ3) is 4.07. The molecule has 1 nitrogen and oxygen atoms in total. The first kappa shape index (κ1) is 18.7. The van der Waals surface area contributed by atoms with Crippen LogP contribution in [0.5, 0.6) is 0 Å². The molecule has 0 bridgehead atoms. The van der Waals surface area contributed by atoms with Crippen LogP contribution in [0, 0.1) is 0 Å². The monoisotopic (exact) mass is 351 g/mol. The van der Waals surface area contributed by atoms with Crippen molar-refractivity contribution in [3.05, 3.63) is 47.7 Å². The van der Waals surface area contributed by atoms with Gasteiger partial charge >= 0.3 is 6.18 Å². The molecule has 0 fully saturated rings. The number of rotatable bonds is 4. The minimum atomic E-state index is -4.31. The lowest BCUT2D eigenvalue weighted by Gasteiger charge is -2.24. The highest BCUT2D eigenvalue weighted by atomic mass is 28.3. The predicted molar refractivity (Wildman–Crippen MR) is 96.4 cm³/mol. The van der Waals surface area contributed by atoms with Gasteiger partial charge in [-0.2, -0.15) is 13.2 Å². The first-order chi connectivity index (χ1) is 11.0. The minimum absolute atomic E-state index is 0.405. The van der Waals surface area contributed by atoms with Gasteiger partial charge in [0.25, 0.3) is 0 Å². The van der Waals surface area contributed by atoms with Gasteiger partial charge < -0.3 is 0 Å². The summed E-state index contributed by atoms with van der Waals surface area (Å²) in [6.07, 6.45) is -1.36. The number of halogens is 3. The molecule has 0 aliphatic heterocycles. The van der Waals surface area contributed by atoms with Gasteiger partial charge in [0.05, 0.1) is 19.3 Å². The summed E-state index contributed by atoms with van der Waals surface area (Å²) in [5.41, 5.74) is 2.10. The number of benzene rings is 1. The summed E-state index contributed by atoms with van der Waals surface area (Å²) in [4.78, 5) is 4.54. The van der Waals surface area contributed by atoms with Gasteiger partial charge in [0.1, 0.15) is 0 Å². The molecule has 1 atom stereocenters. The topological polar surface area (TPSA) is 12.9 Å². The van der Waals surface area contributed by atoms with Crippen LogP contribution in [0.3, 0.4) is 0 Å². The van der Waals surface area contributed by atoms with E-state index in [2.05, 4.69) is 44.5 Å². The van der Waals surface area contributed by atoms with Crippen molar-refractivity contribution in [3.8, 4) is 11.3 Å². The van der Waals surface area contributed by atoms with Crippen LogP contribution in [0.2, 0.25) is 19.6 Å². The van der Waals surface area contributed by atoms with Crippen LogP contribution in [-0.4, -0.2) is 13.1 Å². The van der Waals surface area contributed by atoms with Crippen molar-refractivity contribution in [2.45, 2.75) is 52.0 Å². The summed E-state index contributed by atoms with van der Waals surface area (Å²) in [6.45, 7) is 11.2. The van der Waals surface area contributed by atoms with Crippen LogP contribution in [0.1, 0.15) is 37.3 Å². The van der Waals surface area contributed by atoms with Gasteiger partial charge in [-0.15, -0.1) is 0 Å². The summed E-state index contributed by atoms with van der Waals surface area (Å²) in [5, 5.41) is 1.33. The minimum Gasteiger partial charge on any atom is -0.256 e. The average Bonchev–Trinajstić information content (AvgIpc) is 2.52. The van der Waals surface area contributed by atoms with E-state index in [9.17, 15) is 13.2 Å². The van der Waals surface area contributed by atoms with Crippen molar-refractivity contribution in [2.24, 2.45) is 0 Å². The summed E-state index contributed by atoms with van der Waals surface area (Å²) in [6, 6.07) is 7.29. The number of hydrogen-bond donors (Lipinski definition) is 0. The maximum absolute atomic E-state index is 12.7.